The number of pyridine rings is 1. The molecule has 1 aromatic carbocycles. The Morgan fingerprint density at radius 2 is 1.84 bits per heavy atom. The van der Waals surface area contributed by atoms with Gasteiger partial charge in [0.25, 0.3) is 5.56 Å². The molecule has 0 saturated heterocycles. The lowest BCUT2D eigenvalue weighted by Crippen LogP contribution is -2.15. The summed E-state index contributed by atoms with van der Waals surface area (Å²) in [5, 5.41) is 1.25. The number of aromatic nitrogens is 2. The van der Waals surface area contributed by atoms with Gasteiger partial charge in [0.15, 0.2) is 5.13 Å². The van der Waals surface area contributed by atoms with E-state index in [1.54, 1.807) is 18.3 Å². The molecule has 4 rings (SSSR count). The topological polar surface area (TPSA) is 46.1 Å². The Balaban J connectivity index is 1.62. The molecule has 0 bridgehead atoms. The van der Waals surface area contributed by atoms with Crippen molar-refractivity contribution in [2.45, 2.75) is 38.0 Å². The second-order valence-corrected chi connectivity index (χ2v) is 7.60. The second-order valence-electron chi connectivity index (χ2n) is 6.64. The summed E-state index contributed by atoms with van der Waals surface area (Å²) in [4.78, 5) is 23.5. The molecule has 128 valence electrons. The van der Waals surface area contributed by atoms with Crippen LogP contribution in [-0.4, -0.2) is 17.0 Å². The molecule has 1 saturated carbocycles. The van der Waals surface area contributed by atoms with Crippen LogP contribution in [0.4, 0.5) is 10.8 Å². The minimum absolute atomic E-state index is 0.220. The largest absolute Gasteiger partial charge is 0.321 e. The van der Waals surface area contributed by atoms with E-state index in [0.717, 1.165) is 10.5 Å². The van der Waals surface area contributed by atoms with Gasteiger partial charge < -0.3 is 4.90 Å². The van der Waals surface area contributed by atoms with Crippen LogP contribution >= 0.6 is 11.3 Å². The number of rotatable bonds is 3. The van der Waals surface area contributed by atoms with Crippen molar-refractivity contribution >= 4 is 32.4 Å². The number of hydrogen-bond donors (Lipinski definition) is 0. The molecule has 2 aromatic heterocycles. The van der Waals surface area contributed by atoms with Gasteiger partial charge in [-0.2, -0.15) is 4.98 Å². The van der Waals surface area contributed by atoms with Gasteiger partial charge in [0, 0.05) is 18.9 Å². The van der Waals surface area contributed by atoms with Crippen molar-refractivity contribution in [1.29, 1.82) is 0 Å². The Kier molecular flexibility index (Phi) is 4.49. The maximum Gasteiger partial charge on any atom is 0.282 e. The summed E-state index contributed by atoms with van der Waals surface area (Å²) >= 11 is 1.44. The van der Waals surface area contributed by atoms with E-state index in [4.69, 9.17) is 0 Å². The zero-order valence-corrected chi connectivity index (χ0v) is 15.1. The molecular formula is C20H21N3OS. The molecule has 3 aromatic rings. The Bertz CT molecular complexity index is 930. The molecule has 0 unspecified atom stereocenters. The van der Waals surface area contributed by atoms with Gasteiger partial charge in [0.2, 0.25) is 0 Å². The Labute approximate surface area is 151 Å². The fourth-order valence-corrected chi connectivity index (χ4v) is 4.47. The fourth-order valence-electron chi connectivity index (χ4n) is 3.55. The maximum atomic E-state index is 12.2. The summed E-state index contributed by atoms with van der Waals surface area (Å²) in [5.41, 5.74) is 2.25. The van der Waals surface area contributed by atoms with Crippen LogP contribution in [0.25, 0.3) is 10.2 Å². The van der Waals surface area contributed by atoms with Gasteiger partial charge in [-0.05, 0) is 48.6 Å². The van der Waals surface area contributed by atoms with E-state index in [2.05, 4.69) is 34.2 Å². The van der Waals surface area contributed by atoms with Gasteiger partial charge in [0.05, 0.1) is 5.39 Å². The lowest BCUT2D eigenvalue weighted by atomic mass is 9.84. The van der Waals surface area contributed by atoms with Crippen molar-refractivity contribution in [1.82, 2.24) is 9.97 Å². The monoisotopic (exact) mass is 351 g/mol. The molecular weight excluding hydrogens is 330 g/mol. The highest BCUT2D eigenvalue weighted by Gasteiger charge is 2.16. The van der Waals surface area contributed by atoms with Crippen LogP contribution < -0.4 is 10.5 Å². The number of fused-ring (bicyclic) bond motifs is 1. The van der Waals surface area contributed by atoms with E-state index in [1.165, 1.54) is 49.0 Å². The predicted octanol–water partition coefficient (Wildman–Crippen LogP) is 4.87. The Hall–Kier alpha value is -2.27. The molecule has 1 aliphatic rings. The van der Waals surface area contributed by atoms with Crippen LogP contribution in [0.5, 0.6) is 0 Å². The molecule has 4 nitrogen and oxygen atoms in total. The standard InChI is InChI=1S/C20H21N3OS/c1-23(20-22-18(24)17-8-5-13-21-19(17)25-20)16-11-9-15(10-12-16)14-6-3-2-4-7-14/h5,8-14H,2-4,6-7H2,1H3. The highest BCUT2D eigenvalue weighted by atomic mass is 32.1. The minimum atomic E-state index is -0.220. The summed E-state index contributed by atoms with van der Waals surface area (Å²) in [6, 6.07) is 12.3. The molecule has 5 heteroatoms. The van der Waals surface area contributed by atoms with Gasteiger partial charge in [-0.25, -0.2) is 4.98 Å². The number of anilines is 2. The van der Waals surface area contributed by atoms with Crippen LogP contribution in [0, 0.1) is 0 Å². The Morgan fingerprint density at radius 1 is 1.08 bits per heavy atom. The summed E-state index contributed by atoms with van der Waals surface area (Å²) in [7, 11) is 1.95. The van der Waals surface area contributed by atoms with E-state index < -0.39 is 0 Å². The van der Waals surface area contributed by atoms with Crippen molar-refractivity contribution in [3.05, 3.63) is 58.5 Å². The third-order valence-corrected chi connectivity index (χ3v) is 6.10. The summed E-state index contributed by atoms with van der Waals surface area (Å²) < 4.78 is 0. The zero-order chi connectivity index (χ0) is 17.2. The summed E-state index contributed by atoms with van der Waals surface area (Å²) in [5.74, 6) is 0.701. The highest BCUT2D eigenvalue weighted by Crippen LogP contribution is 2.34. The molecule has 1 fully saturated rings. The van der Waals surface area contributed by atoms with Crippen molar-refractivity contribution < 1.29 is 0 Å². The van der Waals surface area contributed by atoms with Crippen molar-refractivity contribution in [3.8, 4) is 0 Å². The molecule has 0 aliphatic heterocycles. The van der Waals surface area contributed by atoms with Gasteiger partial charge in [-0.3, -0.25) is 4.79 Å². The number of hydrogen-bond acceptors (Lipinski definition) is 5. The first kappa shape index (κ1) is 16.2. The molecule has 0 amide bonds. The number of benzene rings is 1. The molecule has 0 radical (unpaired) electrons. The smallest absolute Gasteiger partial charge is 0.282 e. The summed E-state index contributed by atoms with van der Waals surface area (Å²) in [6.07, 6.45) is 8.37. The molecule has 0 spiro atoms. The highest BCUT2D eigenvalue weighted by molar-refractivity contribution is 7.21. The SMILES string of the molecule is CN(c1ccc(C2CCCCC2)cc1)c1nc(=O)c2cccnc2s1. The molecule has 0 N–H and O–H groups in total. The molecule has 2 heterocycles. The van der Waals surface area contributed by atoms with Crippen LogP contribution in [0.2, 0.25) is 0 Å². The number of nitrogens with zero attached hydrogens (tertiary/aromatic N) is 3. The lowest BCUT2D eigenvalue weighted by molar-refractivity contribution is 0.443. The summed E-state index contributed by atoms with van der Waals surface area (Å²) in [6.45, 7) is 0. The minimum Gasteiger partial charge on any atom is -0.321 e. The van der Waals surface area contributed by atoms with Gasteiger partial charge in [-0.15, -0.1) is 0 Å². The lowest BCUT2D eigenvalue weighted by Gasteiger charge is -2.23. The molecule has 0 atom stereocenters. The van der Waals surface area contributed by atoms with Crippen LogP contribution in [0.15, 0.2) is 47.4 Å². The maximum absolute atomic E-state index is 12.2. The first-order valence-electron chi connectivity index (χ1n) is 8.82. The fraction of sp³-hybridized carbons (Fsp3) is 0.350. The van der Waals surface area contributed by atoms with Gasteiger partial charge in [-0.1, -0.05) is 42.7 Å². The first-order chi connectivity index (χ1) is 12.2. The zero-order valence-electron chi connectivity index (χ0n) is 14.3. The van der Waals surface area contributed by atoms with E-state index in [-0.39, 0.29) is 5.56 Å². The quantitative estimate of drug-likeness (QED) is 0.675. The first-order valence-corrected chi connectivity index (χ1v) is 9.63. The van der Waals surface area contributed by atoms with E-state index in [9.17, 15) is 4.79 Å². The van der Waals surface area contributed by atoms with Crippen LogP contribution in [0.3, 0.4) is 0 Å². The Morgan fingerprint density at radius 3 is 2.60 bits per heavy atom. The van der Waals surface area contributed by atoms with Gasteiger partial charge >= 0.3 is 0 Å². The van der Waals surface area contributed by atoms with Crippen LogP contribution in [0.1, 0.15) is 43.6 Å². The van der Waals surface area contributed by atoms with Crippen molar-refractivity contribution in [2.24, 2.45) is 0 Å². The normalized spacial score (nSPS) is 15.4. The van der Waals surface area contributed by atoms with E-state index >= 15 is 0 Å². The van der Waals surface area contributed by atoms with E-state index in [0.29, 0.717) is 16.4 Å². The second kappa shape index (κ2) is 6.92. The van der Waals surface area contributed by atoms with Crippen molar-refractivity contribution in [2.75, 3.05) is 11.9 Å². The van der Waals surface area contributed by atoms with Crippen LogP contribution in [-0.2, 0) is 0 Å². The third kappa shape index (κ3) is 3.29. The average Bonchev–Trinajstić information content (AvgIpc) is 2.68. The molecule has 1 aliphatic carbocycles. The predicted molar refractivity (Wildman–Crippen MR) is 104 cm³/mol. The molecule has 25 heavy (non-hydrogen) atoms. The van der Waals surface area contributed by atoms with Gasteiger partial charge in [0.1, 0.15) is 4.83 Å². The van der Waals surface area contributed by atoms with E-state index in [1.807, 2.05) is 11.9 Å². The van der Waals surface area contributed by atoms with Crippen molar-refractivity contribution in [3.63, 3.8) is 0 Å². The average molecular weight is 351 g/mol. The third-order valence-electron chi connectivity index (χ3n) is 5.03.